The summed E-state index contributed by atoms with van der Waals surface area (Å²) < 4.78 is 54.7. The van der Waals surface area contributed by atoms with Gasteiger partial charge in [-0.05, 0) is 38.0 Å². The Bertz CT molecular complexity index is 1280. The molecule has 0 aliphatic carbocycles. The van der Waals surface area contributed by atoms with Crippen molar-refractivity contribution >= 4 is 28.3 Å². The number of halogens is 4. The molecule has 1 aromatic carbocycles. The first-order chi connectivity index (χ1) is 17.0. The maximum Gasteiger partial charge on any atom is 0.573 e. The van der Waals surface area contributed by atoms with E-state index in [1.54, 1.807) is 19.3 Å². The third-order valence-electron chi connectivity index (χ3n) is 5.40. The summed E-state index contributed by atoms with van der Waals surface area (Å²) in [6, 6.07) is 2.65. The van der Waals surface area contributed by atoms with Crippen LogP contribution in [0.2, 0.25) is 0 Å². The first-order valence-electron chi connectivity index (χ1n) is 10.9. The quantitative estimate of drug-likeness (QED) is 0.310. The molecule has 8 nitrogen and oxygen atoms in total. The molecule has 4 rings (SSSR count). The maximum atomic E-state index is 14.0. The second-order valence-electron chi connectivity index (χ2n) is 8.15. The summed E-state index contributed by atoms with van der Waals surface area (Å²) in [5.41, 5.74) is 2.32. The zero-order valence-electron chi connectivity index (χ0n) is 19.3. The maximum absolute atomic E-state index is 14.0. The van der Waals surface area contributed by atoms with Crippen molar-refractivity contribution in [3.63, 3.8) is 0 Å². The lowest BCUT2D eigenvalue weighted by molar-refractivity contribution is -0.275. The van der Waals surface area contributed by atoms with Crippen molar-refractivity contribution in [3.05, 3.63) is 63.9 Å². The monoisotopic (exact) mass is 523 g/mol. The molecule has 1 saturated heterocycles. The molecule has 1 fully saturated rings. The Morgan fingerprint density at radius 2 is 1.94 bits per heavy atom. The molecule has 2 amide bonds. The number of ketones is 1. The summed E-state index contributed by atoms with van der Waals surface area (Å²) >= 11 is 1.12. The van der Waals surface area contributed by atoms with E-state index >= 15 is 0 Å². The van der Waals surface area contributed by atoms with Crippen molar-refractivity contribution in [1.29, 1.82) is 0 Å². The number of amides is 2. The smallest absolute Gasteiger partial charge is 0.403 e. The Kier molecular flexibility index (Phi) is 7.20. The number of aromatic nitrogens is 3. The number of urea groups is 1. The second-order valence-corrected chi connectivity index (χ2v) is 9.13. The Morgan fingerprint density at radius 3 is 2.61 bits per heavy atom. The van der Waals surface area contributed by atoms with E-state index in [-0.39, 0.29) is 18.7 Å². The molecule has 0 unspecified atom stereocenters. The van der Waals surface area contributed by atoms with Crippen LogP contribution < -0.4 is 9.64 Å². The van der Waals surface area contributed by atoms with Crippen LogP contribution in [0, 0.1) is 19.7 Å². The van der Waals surface area contributed by atoms with Crippen molar-refractivity contribution < 1.29 is 31.9 Å². The fourth-order valence-electron chi connectivity index (χ4n) is 3.64. The van der Waals surface area contributed by atoms with Gasteiger partial charge in [-0.3, -0.25) is 19.7 Å². The van der Waals surface area contributed by atoms with E-state index in [1.165, 1.54) is 15.9 Å². The topological polar surface area (TPSA) is 88.5 Å². The highest BCUT2D eigenvalue weighted by Crippen LogP contribution is 2.31. The van der Waals surface area contributed by atoms with Crippen molar-refractivity contribution in [2.45, 2.75) is 39.6 Å². The predicted molar refractivity (Wildman–Crippen MR) is 123 cm³/mol. The van der Waals surface area contributed by atoms with Gasteiger partial charge in [-0.15, -0.1) is 13.2 Å². The van der Waals surface area contributed by atoms with E-state index in [2.05, 4.69) is 19.7 Å². The number of hydrogen-bond acceptors (Lipinski definition) is 7. The van der Waals surface area contributed by atoms with Crippen molar-refractivity contribution in [2.24, 2.45) is 0 Å². The third kappa shape index (κ3) is 5.96. The van der Waals surface area contributed by atoms with Gasteiger partial charge in [-0.2, -0.15) is 0 Å². The van der Waals surface area contributed by atoms with Crippen LogP contribution in [0.4, 0.5) is 27.5 Å². The highest BCUT2D eigenvalue weighted by Gasteiger charge is 2.34. The average Bonchev–Trinajstić information content (AvgIpc) is 3.36. The minimum Gasteiger partial charge on any atom is -0.403 e. The number of anilines is 1. The average molecular weight is 524 g/mol. The van der Waals surface area contributed by atoms with Crippen LogP contribution in [-0.2, 0) is 13.0 Å². The van der Waals surface area contributed by atoms with Crippen molar-refractivity contribution in [1.82, 2.24) is 19.9 Å². The molecule has 0 saturated carbocycles. The number of rotatable bonds is 8. The van der Waals surface area contributed by atoms with E-state index < -0.39 is 24.0 Å². The Balaban J connectivity index is 1.39. The summed E-state index contributed by atoms with van der Waals surface area (Å²) in [6.45, 7) is 4.12. The van der Waals surface area contributed by atoms with Gasteiger partial charge in [0.15, 0.2) is 22.5 Å². The molecule has 0 bridgehead atoms. The summed E-state index contributed by atoms with van der Waals surface area (Å²) in [6.07, 6.45) is -1.08. The highest BCUT2D eigenvalue weighted by molar-refractivity contribution is 7.17. The minimum absolute atomic E-state index is 0.00766. The molecular weight excluding hydrogens is 502 g/mol. The number of alkyl halides is 3. The zero-order valence-corrected chi connectivity index (χ0v) is 20.1. The third-order valence-corrected chi connectivity index (χ3v) is 6.62. The number of aryl methyl sites for hydroxylation is 3. The van der Waals surface area contributed by atoms with Gasteiger partial charge >= 0.3 is 12.4 Å². The Labute approximate surface area is 207 Å². The summed E-state index contributed by atoms with van der Waals surface area (Å²) in [5.74, 6) is -2.23. The largest absolute Gasteiger partial charge is 0.573 e. The number of ether oxygens (including phenoxy) is 1. The molecule has 0 radical (unpaired) electrons. The van der Waals surface area contributed by atoms with Crippen LogP contribution in [0.5, 0.6) is 5.75 Å². The minimum atomic E-state index is -5.01. The fraction of sp³-hybridized carbons (Fsp3) is 0.348. The van der Waals surface area contributed by atoms with Crippen LogP contribution in [0.15, 0.2) is 30.6 Å². The van der Waals surface area contributed by atoms with Gasteiger partial charge in [0.1, 0.15) is 0 Å². The van der Waals surface area contributed by atoms with Gasteiger partial charge in [0.05, 0.1) is 22.0 Å². The SMILES string of the molecule is Cc1cnc(CCC(=O)c2sc(N3CCN(Cc4ccc(OC(F)(F)F)c(F)c4)C3=O)nc2C)cn1. The number of nitrogens with zero attached hydrogens (tertiary/aromatic N) is 5. The summed E-state index contributed by atoms with van der Waals surface area (Å²) in [7, 11) is 0. The molecule has 190 valence electrons. The molecular formula is C23H21F4N5O3S. The first kappa shape index (κ1) is 25.5. The lowest BCUT2D eigenvalue weighted by atomic mass is 10.1. The summed E-state index contributed by atoms with van der Waals surface area (Å²) in [5, 5.41) is 0.374. The number of benzene rings is 1. The van der Waals surface area contributed by atoms with E-state index in [9.17, 15) is 27.2 Å². The normalized spacial score (nSPS) is 14.0. The molecule has 3 aromatic rings. The van der Waals surface area contributed by atoms with E-state index in [1.807, 2.05) is 6.92 Å². The molecule has 1 aliphatic rings. The van der Waals surface area contributed by atoms with Gasteiger partial charge in [0, 0.05) is 38.4 Å². The van der Waals surface area contributed by atoms with Crippen LogP contribution in [0.25, 0.3) is 0 Å². The number of carbonyl (C=O) groups is 2. The fourth-order valence-corrected chi connectivity index (χ4v) is 4.69. The predicted octanol–water partition coefficient (Wildman–Crippen LogP) is 4.85. The van der Waals surface area contributed by atoms with E-state index in [0.717, 1.165) is 29.2 Å². The molecule has 1 aliphatic heterocycles. The van der Waals surface area contributed by atoms with Crippen LogP contribution in [0.3, 0.4) is 0 Å². The Morgan fingerprint density at radius 1 is 1.17 bits per heavy atom. The Hall–Kier alpha value is -3.61. The van der Waals surface area contributed by atoms with Crippen LogP contribution >= 0.6 is 11.3 Å². The summed E-state index contributed by atoms with van der Waals surface area (Å²) in [4.78, 5) is 41.8. The standard InChI is InChI=1S/C23H21F4N5O3S/c1-13-10-29-16(11-28-13)4-5-18(33)20-14(2)30-21(36-20)32-8-7-31(22(32)34)12-15-3-6-19(17(24)9-15)35-23(25,26)27/h3,6,9-11H,4-5,7-8,12H2,1-2H3. The van der Waals surface area contributed by atoms with Gasteiger partial charge in [-0.25, -0.2) is 14.2 Å². The lowest BCUT2D eigenvalue weighted by Gasteiger charge is -2.17. The van der Waals surface area contributed by atoms with Crippen molar-refractivity contribution in [2.75, 3.05) is 18.0 Å². The molecule has 0 atom stereocenters. The van der Waals surface area contributed by atoms with Gasteiger partial charge in [0.25, 0.3) is 0 Å². The van der Waals surface area contributed by atoms with Crippen LogP contribution in [0.1, 0.15) is 38.7 Å². The van der Waals surface area contributed by atoms with Gasteiger partial charge in [0.2, 0.25) is 0 Å². The second kappa shape index (κ2) is 10.2. The molecule has 0 spiro atoms. The molecule has 13 heteroatoms. The van der Waals surface area contributed by atoms with Crippen LogP contribution in [-0.4, -0.2) is 51.1 Å². The van der Waals surface area contributed by atoms with Gasteiger partial charge in [-0.1, -0.05) is 17.4 Å². The lowest BCUT2D eigenvalue weighted by Crippen LogP contribution is -2.31. The first-order valence-corrected chi connectivity index (χ1v) is 11.7. The molecule has 2 aromatic heterocycles. The number of thiazole rings is 1. The van der Waals surface area contributed by atoms with Gasteiger partial charge < -0.3 is 9.64 Å². The molecule has 0 N–H and O–H groups in total. The van der Waals surface area contributed by atoms with E-state index in [0.29, 0.717) is 46.5 Å². The number of hydrogen-bond donors (Lipinski definition) is 0. The number of carbonyl (C=O) groups excluding carboxylic acids is 2. The molecule has 3 heterocycles. The van der Waals surface area contributed by atoms with Crippen molar-refractivity contribution in [3.8, 4) is 5.75 Å². The highest BCUT2D eigenvalue weighted by atomic mass is 32.1. The number of Topliss-reactive ketones (excluding diaryl/α,β-unsaturated/α-hetero) is 1. The van der Waals surface area contributed by atoms with E-state index in [4.69, 9.17) is 0 Å². The zero-order chi connectivity index (χ0) is 26.0. The molecule has 36 heavy (non-hydrogen) atoms.